The van der Waals surface area contributed by atoms with E-state index < -0.39 is 0 Å². The molecule has 0 saturated carbocycles. The van der Waals surface area contributed by atoms with E-state index in [4.69, 9.17) is 0 Å². The zero-order valence-electron chi connectivity index (χ0n) is 8.53. The summed E-state index contributed by atoms with van der Waals surface area (Å²) >= 11 is 0. The number of carbonyl (C=O) groups excluding carboxylic acids is 1. The Hall–Kier alpha value is -1.19. The molecule has 0 aliphatic carbocycles. The Morgan fingerprint density at radius 2 is 2.15 bits per heavy atom. The van der Waals surface area contributed by atoms with Crippen molar-refractivity contribution in [3.8, 4) is 0 Å². The number of nitrogens with zero attached hydrogens (tertiary/aromatic N) is 3. The number of Topliss-reactive ketones (excluding diaryl/α,β-unsaturated/α-hetero) is 1. The van der Waals surface area contributed by atoms with Gasteiger partial charge in [0.2, 0.25) is 0 Å². The molecule has 0 aliphatic rings. The van der Waals surface area contributed by atoms with Gasteiger partial charge in [-0.25, -0.2) is 4.68 Å². The van der Waals surface area contributed by atoms with Gasteiger partial charge in [-0.2, -0.15) is 0 Å². The van der Waals surface area contributed by atoms with Crippen LogP contribution in [0.2, 0.25) is 0 Å². The van der Waals surface area contributed by atoms with Gasteiger partial charge in [-0.05, 0) is 6.92 Å². The largest absolute Gasteiger partial charge is 0.297 e. The second-order valence-corrected chi connectivity index (χ2v) is 4.23. The third kappa shape index (κ3) is 2.65. The average Bonchev–Trinajstić information content (AvgIpc) is 2.33. The normalized spacial score (nSPS) is 11.7. The molecule has 1 rings (SSSR count). The van der Waals surface area contributed by atoms with Crippen LogP contribution in [0.5, 0.6) is 0 Å². The molecular weight excluding hydrogens is 166 g/mol. The molecule has 0 spiro atoms. The molecule has 1 heterocycles. The number of ketones is 1. The third-order valence-electron chi connectivity index (χ3n) is 1.80. The van der Waals surface area contributed by atoms with Crippen molar-refractivity contribution >= 4 is 5.78 Å². The summed E-state index contributed by atoms with van der Waals surface area (Å²) < 4.78 is 1.57. The molecule has 0 aliphatic heterocycles. The number of hydrogen-bond acceptors (Lipinski definition) is 3. The lowest BCUT2D eigenvalue weighted by Gasteiger charge is -2.15. The van der Waals surface area contributed by atoms with Crippen LogP contribution in [0.15, 0.2) is 6.20 Å². The fourth-order valence-electron chi connectivity index (χ4n) is 0.857. The molecule has 72 valence electrons. The molecule has 0 bridgehead atoms. The summed E-state index contributed by atoms with van der Waals surface area (Å²) in [6.07, 6.45) is 1.77. The molecule has 0 radical (unpaired) electrons. The van der Waals surface area contributed by atoms with E-state index in [9.17, 15) is 4.79 Å². The van der Waals surface area contributed by atoms with Crippen LogP contribution in [-0.4, -0.2) is 20.8 Å². The van der Waals surface area contributed by atoms with Crippen LogP contribution in [0.3, 0.4) is 0 Å². The van der Waals surface area contributed by atoms with Crippen LogP contribution in [0, 0.1) is 12.3 Å². The summed E-state index contributed by atoms with van der Waals surface area (Å²) in [7, 11) is 0. The highest BCUT2D eigenvalue weighted by Crippen LogP contribution is 2.15. The Morgan fingerprint density at radius 1 is 1.54 bits per heavy atom. The van der Waals surface area contributed by atoms with Gasteiger partial charge in [0.25, 0.3) is 0 Å². The van der Waals surface area contributed by atoms with Crippen molar-refractivity contribution < 1.29 is 4.79 Å². The summed E-state index contributed by atoms with van der Waals surface area (Å²) in [6.45, 7) is 7.87. The molecule has 4 heteroatoms. The van der Waals surface area contributed by atoms with Gasteiger partial charge in [0.15, 0.2) is 5.78 Å². The number of carbonyl (C=O) groups is 1. The minimum Gasteiger partial charge on any atom is -0.297 e. The summed E-state index contributed by atoms with van der Waals surface area (Å²) in [5.74, 6) is 0.164. The summed E-state index contributed by atoms with van der Waals surface area (Å²) in [6, 6.07) is 0. The van der Waals surface area contributed by atoms with Crippen LogP contribution in [0.4, 0.5) is 0 Å². The van der Waals surface area contributed by atoms with Crippen LogP contribution < -0.4 is 0 Å². The van der Waals surface area contributed by atoms with Crippen LogP contribution in [-0.2, 0) is 11.3 Å². The first-order chi connectivity index (χ1) is 5.89. The van der Waals surface area contributed by atoms with Gasteiger partial charge in [0.05, 0.1) is 5.69 Å². The Kier molecular flexibility index (Phi) is 2.50. The molecule has 0 aromatic carbocycles. The Morgan fingerprint density at radius 3 is 2.54 bits per heavy atom. The molecule has 1 aromatic rings. The first kappa shape index (κ1) is 9.89. The maximum absolute atomic E-state index is 11.6. The smallest absolute Gasteiger partial charge is 0.159 e. The van der Waals surface area contributed by atoms with E-state index in [1.54, 1.807) is 10.9 Å². The number of aryl methyl sites for hydroxylation is 1. The predicted molar refractivity (Wildman–Crippen MR) is 49.2 cm³/mol. The Bertz CT molecular complexity index is 309. The fourth-order valence-corrected chi connectivity index (χ4v) is 0.857. The molecule has 1 aromatic heterocycles. The first-order valence-electron chi connectivity index (χ1n) is 4.29. The van der Waals surface area contributed by atoms with Gasteiger partial charge in [0, 0.05) is 11.6 Å². The monoisotopic (exact) mass is 181 g/mol. The highest BCUT2D eigenvalue weighted by atomic mass is 16.1. The van der Waals surface area contributed by atoms with Gasteiger partial charge < -0.3 is 0 Å². The topological polar surface area (TPSA) is 47.8 Å². The first-order valence-corrected chi connectivity index (χ1v) is 4.29. The molecule has 4 nitrogen and oxygen atoms in total. The van der Waals surface area contributed by atoms with Crippen molar-refractivity contribution in [2.24, 2.45) is 5.41 Å². The minimum absolute atomic E-state index is 0.164. The summed E-state index contributed by atoms with van der Waals surface area (Å²) in [5.41, 5.74) is 0.529. The number of rotatable bonds is 2. The van der Waals surface area contributed by atoms with Crippen LogP contribution in [0.1, 0.15) is 26.5 Å². The predicted octanol–water partition coefficient (Wildman–Crippen LogP) is 1.20. The molecule has 0 unspecified atom stereocenters. The zero-order valence-corrected chi connectivity index (χ0v) is 8.53. The molecule has 0 saturated heterocycles. The lowest BCUT2D eigenvalue weighted by atomic mass is 9.91. The van der Waals surface area contributed by atoms with Gasteiger partial charge in [-0.1, -0.05) is 26.0 Å². The summed E-state index contributed by atoms with van der Waals surface area (Å²) in [5, 5.41) is 7.63. The van der Waals surface area contributed by atoms with E-state index in [1.165, 1.54) is 0 Å². The maximum Gasteiger partial charge on any atom is 0.159 e. The number of aromatic nitrogens is 3. The molecule has 0 amide bonds. The molecule has 13 heavy (non-hydrogen) atoms. The SMILES string of the molecule is Cc1cn(CC(=O)C(C)(C)C)nn1. The number of hydrogen-bond donors (Lipinski definition) is 0. The van der Waals surface area contributed by atoms with E-state index in [0.717, 1.165) is 5.69 Å². The molecule has 0 fully saturated rings. The zero-order chi connectivity index (χ0) is 10.1. The summed E-state index contributed by atoms with van der Waals surface area (Å²) in [4.78, 5) is 11.6. The molecule has 0 atom stereocenters. The van der Waals surface area contributed by atoms with Crippen molar-refractivity contribution in [2.75, 3.05) is 0 Å². The Balaban J connectivity index is 2.65. The van der Waals surface area contributed by atoms with E-state index in [2.05, 4.69) is 10.3 Å². The lowest BCUT2D eigenvalue weighted by Crippen LogP contribution is -2.25. The van der Waals surface area contributed by atoms with Crippen molar-refractivity contribution in [1.82, 2.24) is 15.0 Å². The van der Waals surface area contributed by atoms with Gasteiger partial charge in [0.1, 0.15) is 6.54 Å². The second-order valence-electron chi connectivity index (χ2n) is 4.23. The van der Waals surface area contributed by atoms with Crippen molar-refractivity contribution in [3.05, 3.63) is 11.9 Å². The quantitative estimate of drug-likeness (QED) is 0.688. The standard InChI is InChI=1S/C9H15N3O/c1-7-5-12(11-10-7)6-8(13)9(2,3)4/h5H,6H2,1-4H3. The lowest BCUT2D eigenvalue weighted by molar-refractivity contribution is -0.127. The van der Waals surface area contributed by atoms with E-state index in [1.807, 2.05) is 27.7 Å². The third-order valence-corrected chi connectivity index (χ3v) is 1.80. The van der Waals surface area contributed by atoms with Crippen LogP contribution in [0.25, 0.3) is 0 Å². The van der Waals surface area contributed by atoms with Gasteiger partial charge in [-0.15, -0.1) is 5.10 Å². The van der Waals surface area contributed by atoms with E-state index in [-0.39, 0.29) is 11.2 Å². The second kappa shape index (κ2) is 3.28. The van der Waals surface area contributed by atoms with Crippen molar-refractivity contribution in [1.29, 1.82) is 0 Å². The Labute approximate surface area is 77.9 Å². The van der Waals surface area contributed by atoms with E-state index in [0.29, 0.717) is 6.54 Å². The van der Waals surface area contributed by atoms with Crippen molar-refractivity contribution in [2.45, 2.75) is 34.2 Å². The van der Waals surface area contributed by atoms with Gasteiger partial charge in [-0.3, -0.25) is 4.79 Å². The highest BCUT2D eigenvalue weighted by Gasteiger charge is 2.21. The van der Waals surface area contributed by atoms with Gasteiger partial charge >= 0.3 is 0 Å². The minimum atomic E-state index is -0.306. The van der Waals surface area contributed by atoms with Crippen LogP contribution >= 0.6 is 0 Å². The fraction of sp³-hybridized carbons (Fsp3) is 0.667. The maximum atomic E-state index is 11.6. The van der Waals surface area contributed by atoms with Crippen molar-refractivity contribution in [3.63, 3.8) is 0 Å². The average molecular weight is 181 g/mol. The molecular formula is C9H15N3O. The highest BCUT2D eigenvalue weighted by molar-refractivity contribution is 5.83. The van der Waals surface area contributed by atoms with E-state index >= 15 is 0 Å². The molecule has 0 N–H and O–H groups in total.